The molecule has 0 saturated heterocycles. The number of carbonyl (C=O) groups is 2. The van der Waals surface area contributed by atoms with Crippen molar-refractivity contribution in [3.05, 3.63) is 59.2 Å². The molecule has 0 unspecified atom stereocenters. The van der Waals surface area contributed by atoms with Crippen LogP contribution in [0.1, 0.15) is 97.7 Å². The van der Waals surface area contributed by atoms with Crippen molar-refractivity contribution in [1.82, 2.24) is 9.97 Å². The Hall–Kier alpha value is -2.93. The van der Waals surface area contributed by atoms with Crippen molar-refractivity contribution in [2.24, 2.45) is 17.8 Å². The molecule has 0 radical (unpaired) electrons. The molecule has 5 aliphatic carbocycles. The van der Waals surface area contributed by atoms with Crippen LogP contribution >= 0.6 is 0 Å². The van der Waals surface area contributed by atoms with E-state index in [1.807, 2.05) is 0 Å². The van der Waals surface area contributed by atoms with Crippen LogP contribution in [0.5, 0.6) is 0 Å². The molecule has 4 saturated carbocycles. The number of aromatic nitrogens is 2. The Kier molecular flexibility index (Phi) is 6.65. The van der Waals surface area contributed by atoms with Crippen LogP contribution in [0.2, 0.25) is 0 Å². The number of nitrogens with zero attached hydrogens (tertiary/aromatic N) is 1. The number of carbonyl (C=O) groups excluding carboxylic acids is 1. The predicted molar refractivity (Wildman–Crippen MR) is 140 cm³/mol. The molecule has 7 heteroatoms. The number of carboxylic acid groups (broad SMARTS) is 1. The highest BCUT2D eigenvalue weighted by Gasteiger charge is 2.51. The third-order valence-electron chi connectivity index (χ3n) is 8.97. The van der Waals surface area contributed by atoms with Gasteiger partial charge < -0.3 is 20.1 Å². The molecule has 0 atom stereocenters. The summed E-state index contributed by atoms with van der Waals surface area (Å²) < 4.78 is 6.73. The topological polar surface area (TPSA) is 104 Å². The SMILES string of the molecule is O=C(O)Cc1cccc(NC(=O)c2nc(C3CCC=CCC3)[nH]c2COC23CC4CC(CC(C4)C2)C3)c1. The predicted octanol–water partition coefficient (Wildman–Crippen LogP) is 5.99. The Labute approximate surface area is 218 Å². The van der Waals surface area contributed by atoms with Gasteiger partial charge in [-0.2, -0.15) is 0 Å². The number of H-pyrrole nitrogens is 1. The van der Waals surface area contributed by atoms with Gasteiger partial charge in [0.2, 0.25) is 0 Å². The van der Waals surface area contributed by atoms with Gasteiger partial charge in [0.05, 0.1) is 24.3 Å². The highest BCUT2D eigenvalue weighted by molar-refractivity contribution is 6.03. The molecule has 7 nitrogen and oxygen atoms in total. The number of aliphatic carboxylic acids is 1. The molecule has 1 heterocycles. The Morgan fingerprint density at radius 3 is 2.38 bits per heavy atom. The molecule has 37 heavy (non-hydrogen) atoms. The van der Waals surface area contributed by atoms with E-state index in [1.54, 1.807) is 24.3 Å². The Morgan fingerprint density at radius 1 is 1.05 bits per heavy atom. The molecule has 2 aromatic rings. The van der Waals surface area contributed by atoms with Crippen molar-refractivity contribution >= 4 is 17.6 Å². The zero-order valence-electron chi connectivity index (χ0n) is 21.4. The van der Waals surface area contributed by atoms with Crippen LogP contribution in [0.15, 0.2) is 36.4 Å². The Balaban J connectivity index is 1.23. The molecule has 4 fully saturated rings. The van der Waals surface area contributed by atoms with E-state index in [0.717, 1.165) is 74.2 Å². The van der Waals surface area contributed by atoms with Gasteiger partial charge in [-0.3, -0.25) is 9.59 Å². The highest BCUT2D eigenvalue weighted by atomic mass is 16.5. The van der Waals surface area contributed by atoms with Crippen LogP contribution in [-0.4, -0.2) is 32.6 Å². The van der Waals surface area contributed by atoms with Gasteiger partial charge >= 0.3 is 5.97 Å². The number of amides is 1. The maximum Gasteiger partial charge on any atom is 0.307 e. The average Bonchev–Trinajstić information content (AvgIpc) is 3.08. The van der Waals surface area contributed by atoms with E-state index in [4.69, 9.17) is 14.8 Å². The van der Waals surface area contributed by atoms with Crippen molar-refractivity contribution in [2.75, 3.05) is 5.32 Å². The number of nitrogens with one attached hydrogen (secondary N) is 2. The number of aromatic amines is 1. The lowest BCUT2D eigenvalue weighted by Gasteiger charge is -2.56. The molecule has 1 amide bonds. The third-order valence-corrected chi connectivity index (χ3v) is 8.97. The van der Waals surface area contributed by atoms with Crippen LogP contribution < -0.4 is 5.32 Å². The van der Waals surface area contributed by atoms with Gasteiger partial charge in [0.15, 0.2) is 5.69 Å². The summed E-state index contributed by atoms with van der Waals surface area (Å²) in [4.78, 5) is 33.0. The number of ether oxygens (including phenoxy) is 1. The molecular weight excluding hydrogens is 466 g/mol. The molecule has 0 aliphatic heterocycles. The van der Waals surface area contributed by atoms with E-state index in [2.05, 4.69) is 22.5 Å². The summed E-state index contributed by atoms with van der Waals surface area (Å²) in [7, 11) is 0. The van der Waals surface area contributed by atoms with Crippen molar-refractivity contribution < 1.29 is 19.4 Å². The van der Waals surface area contributed by atoms with Crippen molar-refractivity contribution in [3.63, 3.8) is 0 Å². The minimum Gasteiger partial charge on any atom is -0.481 e. The van der Waals surface area contributed by atoms with Gasteiger partial charge in [-0.05, 0) is 99.7 Å². The lowest BCUT2D eigenvalue weighted by Crippen LogP contribution is -2.51. The summed E-state index contributed by atoms with van der Waals surface area (Å²) >= 11 is 0. The van der Waals surface area contributed by atoms with Gasteiger partial charge in [-0.1, -0.05) is 24.3 Å². The lowest BCUT2D eigenvalue weighted by molar-refractivity contribution is -0.169. The number of anilines is 1. The molecular formula is C30H37N3O4. The molecule has 4 bridgehead atoms. The van der Waals surface area contributed by atoms with E-state index in [-0.39, 0.29) is 23.8 Å². The van der Waals surface area contributed by atoms with Crippen molar-refractivity contribution in [2.45, 2.75) is 88.8 Å². The molecule has 7 rings (SSSR count). The largest absolute Gasteiger partial charge is 0.481 e. The fourth-order valence-electron chi connectivity index (χ4n) is 7.72. The van der Waals surface area contributed by atoms with Gasteiger partial charge in [-0.15, -0.1) is 0 Å². The van der Waals surface area contributed by atoms with E-state index in [0.29, 0.717) is 23.6 Å². The standard InChI is InChI=1S/C30H37N3O4/c34-26(35)14-19-6-5-9-24(13-19)31-29(36)27-25(32-28(33-27)23-7-3-1-2-4-8-23)18-37-30-15-20-10-21(16-30)12-22(11-20)17-30/h1-2,5-6,9,13,20-23H,3-4,7-8,10-12,14-18H2,(H,31,36)(H,32,33)(H,34,35). The molecule has 1 aromatic heterocycles. The number of carboxylic acids is 1. The summed E-state index contributed by atoms with van der Waals surface area (Å²) in [5, 5.41) is 12.1. The van der Waals surface area contributed by atoms with Crippen LogP contribution in [0.25, 0.3) is 0 Å². The number of imidazole rings is 1. The highest BCUT2D eigenvalue weighted by Crippen LogP contribution is 2.57. The van der Waals surface area contributed by atoms with Gasteiger partial charge in [0.1, 0.15) is 5.82 Å². The molecule has 0 spiro atoms. The second-order valence-corrected chi connectivity index (χ2v) is 11.9. The Morgan fingerprint density at radius 2 is 1.73 bits per heavy atom. The van der Waals surface area contributed by atoms with E-state index >= 15 is 0 Å². The number of allylic oxidation sites excluding steroid dienone is 2. The fraction of sp³-hybridized carbons (Fsp3) is 0.567. The van der Waals surface area contributed by atoms with Crippen molar-refractivity contribution in [1.29, 1.82) is 0 Å². The summed E-state index contributed by atoms with van der Waals surface area (Å²) in [5.74, 6) is 2.35. The quantitative estimate of drug-likeness (QED) is 0.384. The summed E-state index contributed by atoms with van der Waals surface area (Å²) in [6.07, 6.45) is 16.0. The van der Waals surface area contributed by atoms with Gasteiger partial charge in [-0.25, -0.2) is 4.98 Å². The van der Waals surface area contributed by atoms with Gasteiger partial charge in [0.25, 0.3) is 5.91 Å². The van der Waals surface area contributed by atoms with E-state index in [1.165, 1.54) is 19.3 Å². The summed E-state index contributed by atoms with van der Waals surface area (Å²) in [5.41, 5.74) is 2.30. The fourth-order valence-corrected chi connectivity index (χ4v) is 7.72. The monoisotopic (exact) mass is 503 g/mol. The second-order valence-electron chi connectivity index (χ2n) is 11.9. The Bertz CT molecular complexity index is 1150. The number of rotatable bonds is 8. The first-order valence-electron chi connectivity index (χ1n) is 13.9. The lowest BCUT2D eigenvalue weighted by atomic mass is 9.54. The van der Waals surface area contributed by atoms with Crippen molar-refractivity contribution in [3.8, 4) is 0 Å². The molecule has 196 valence electrons. The summed E-state index contributed by atoms with van der Waals surface area (Å²) in [6, 6.07) is 7.00. The van der Waals surface area contributed by atoms with E-state index in [9.17, 15) is 9.59 Å². The zero-order valence-corrected chi connectivity index (χ0v) is 21.4. The van der Waals surface area contributed by atoms with Gasteiger partial charge in [0, 0.05) is 11.6 Å². The average molecular weight is 504 g/mol. The number of hydrogen-bond donors (Lipinski definition) is 3. The zero-order chi connectivity index (χ0) is 25.4. The van der Waals surface area contributed by atoms with Crippen LogP contribution in [0.4, 0.5) is 5.69 Å². The first-order valence-corrected chi connectivity index (χ1v) is 13.9. The normalized spacial score (nSPS) is 28.8. The number of hydrogen-bond acceptors (Lipinski definition) is 4. The first kappa shape index (κ1) is 24.4. The van der Waals surface area contributed by atoms with Crippen LogP contribution in [0.3, 0.4) is 0 Å². The molecule has 5 aliphatic rings. The maximum absolute atomic E-state index is 13.5. The minimum atomic E-state index is -0.901. The first-order chi connectivity index (χ1) is 17.9. The minimum absolute atomic E-state index is 0.0504. The molecule has 3 N–H and O–H groups in total. The second kappa shape index (κ2) is 10.1. The van der Waals surface area contributed by atoms with E-state index < -0.39 is 5.97 Å². The maximum atomic E-state index is 13.5. The third kappa shape index (κ3) is 5.37. The number of benzene rings is 1. The van der Waals surface area contributed by atoms with Crippen LogP contribution in [0, 0.1) is 17.8 Å². The smallest absolute Gasteiger partial charge is 0.307 e. The molecule has 1 aromatic carbocycles. The van der Waals surface area contributed by atoms with Crippen LogP contribution in [-0.2, 0) is 22.6 Å². The summed E-state index contributed by atoms with van der Waals surface area (Å²) in [6.45, 7) is 0.367.